The summed E-state index contributed by atoms with van der Waals surface area (Å²) in [7, 11) is 1.84. The Morgan fingerprint density at radius 3 is 3.00 bits per heavy atom. The van der Waals surface area contributed by atoms with Gasteiger partial charge in [0.15, 0.2) is 0 Å². The molecule has 4 heteroatoms. The minimum Gasteiger partial charge on any atom is -0.309 e. The first-order chi connectivity index (χ1) is 7.83. The summed E-state index contributed by atoms with van der Waals surface area (Å²) in [5.74, 6) is 0.897. The number of nitrogens with one attached hydrogen (secondary N) is 1. The molecule has 1 fully saturated rings. The number of rotatable bonds is 2. The first kappa shape index (κ1) is 11.1. The third-order valence-corrected chi connectivity index (χ3v) is 2.96. The van der Waals surface area contributed by atoms with Crippen molar-refractivity contribution in [3.05, 3.63) is 24.4 Å². The second-order valence-corrected chi connectivity index (χ2v) is 4.01. The molecular weight excluding hydrogens is 202 g/mol. The van der Waals surface area contributed by atoms with E-state index in [1.807, 2.05) is 25.2 Å². The third kappa shape index (κ3) is 2.22. The molecule has 4 nitrogen and oxygen atoms in total. The highest BCUT2D eigenvalue weighted by atomic mass is 16.2. The maximum Gasteiger partial charge on any atom is 0.245 e. The van der Waals surface area contributed by atoms with Gasteiger partial charge in [0, 0.05) is 12.7 Å². The fraction of sp³-hybridized carbons (Fsp3) is 0.500. The van der Waals surface area contributed by atoms with E-state index in [0.29, 0.717) is 0 Å². The minimum atomic E-state index is -0.0653. The van der Waals surface area contributed by atoms with Crippen LogP contribution in [0.3, 0.4) is 0 Å². The predicted molar refractivity (Wildman–Crippen MR) is 63.3 cm³/mol. The van der Waals surface area contributed by atoms with Crippen molar-refractivity contribution in [3.8, 4) is 0 Å². The monoisotopic (exact) mass is 219 g/mol. The minimum absolute atomic E-state index is 0.0653. The standard InChI is InChI=1S/C12H17N3O/c1-13-10-6-3-5-9-15(12(10)16)11-7-2-4-8-14-11/h2,4,7-8,10,13H,3,5-6,9H2,1H3. The number of likely N-dealkylation sites (N-methyl/N-ethyl adjacent to an activating group) is 1. The van der Waals surface area contributed by atoms with Gasteiger partial charge in [0.1, 0.15) is 5.82 Å². The van der Waals surface area contributed by atoms with Crippen LogP contribution in [0.25, 0.3) is 0 Å². The molecule has 1 N–H and O–H groups in total. The molecule has 86 valence electrons. The van der Waals surface area contributed by atoms with Crippen molar-refractivity contribution in [2.24, 2.45) is 0 Å². The average molecular weight is 219 g/mol. The fourth-order valence-electron chi connectivity index (χ4n) is 2.05. The summed E-state index contributed by atoms with van der Waals surface area (Å²) < 4.78 is 0. The van der Waals surface area contributed by atoms with Crippen LogP contribution in [0.4, 0.5) is 5.82 Å². The molecule has 0 aromatic carbocycles. The summed E-state index contributed by atoms with van der Waals surface area (Å²) in [4.78, 5) is 18.2. The molecule has 0 radical (unpaired) electrons. The van der Waals surface area contributed by atoms with Gasteiger partial charge in [-0.2, -0.15) is 0 Å². The van der Waals surface area contributed by atoms with Crippen molar-refractivity contribution in [2.45, 2.75) is 25.3 Å². The van der Waals surface area contributed by atoms with Crippen LogP contribution in [0.1, 0.15) is 19.3 Å². The SMILES string of the molecule is CNC1CCCCN(c2ccccn2)C1=O. The fourth-order valence-corrected chi connectivity index (χ4v) is 2.05. The topological polar surface area (TPSA) is 45.2 Å². The molecule has 2 rings (SSSR count). The predicted octanol–water partition coefficient (Wildman–Crippen LogP) is 1.19. The molecule has 2 heterocycles. The number of anilines is 1. The van der Waals surface area contributed by atoms with E-state index >= 15 is 0 Å². The molecule has 1 saturated heterocycles. The molecule has 16 heavy (non-hydrogen) atoms. The number of amides is 1. The van der Waals surface area contributed by atoms with E-state index in [-0.39, 0.29) is 11.9 Å². The van der Waals surface area contributed by atoms with Gasteiger partial charge in [0.25, 0.3) is 0 Å². The van der Waals surface area contributed by atoms with Gasteiger partial charge in [-0.1, -0.05) is 6.07 Å². The summed E-state index contributed by atoms with van der Waals surface area (Å²) in [6.45, 7) is 0.772. The summed E-state index contributed by atoms with van der Waals surface area (Å²) in [6, 6.07) is 5.59. The maximum absolute atomic E-state index is 12.2. The van der Waals surface area contributed by atoms with Crippen LogP contribution in [0.15, 0.2) is 24.4 Å². The zero-order valence-electron chi connectivity index (χ0n) is 9.52. The normalized spacial score (nSPS) is 21.9. The van der Waals surface area contributed by atoms with Crippen LogP contribution in [0, 0.1) is 0 Å². The molecule has 1 aliphatic heterocycles. The number of nitrogens with zero attached hydrogens (tertiary/aromatic N) is 2. The second kappa shape index (κ2) is 5.07. The van der Waals surface area contributed by atoms with E-state index in [1.54, 1.807) is 11.1 Å². The van der Waals surface area contributed by atoms with Crippen LogP contribution in [0.5, 0.6) is 0 Å². The summed E-state index contributed by atoms with van der Waals surface area (Å²) in [5.41, 5.74) is 0. The van der Waals surface area contributed by atoms with E-state index in [4.69, 9.17) is 0 Å². The number of aromatic nitrogens is 1. The van der Waals surface area contributed by atoms with Gasteiger partial charge in [-0.25, -0.2) is 4.98 Å². The molecule has 1 unspecified atom stereocenters. The van der Waals surface area contributed by atoms with Gasteiger partial charge >= 0.3 is 0 Å². The molecular formula is C12H17N3O. The largest absolute Gasteiger partial charge is 0.309 e. The molecule has 1 atom stereocenters. The summed E-state index contributed by atoms with van der Waals surface area (Å²) in [6.07, 6.45) is 4.77. The molecule has 0 spiro atoms. The average Bonchev–Trinajstić information content (AvgIpc) is 2.52. The molecule has 1 amide bonds. The van der Waals surface area contributed by atoms with Crippen molar-refractivity contribution in [2.75, 3.05) is 18.5 Å². The zero-order valence-corrected chi connectivity index (χ0v) is 9.52. The first-order valence-corrected chi connectivity index (χ1v) is 5.72. The molecule has 0 bridgehead atoms. The van der Waals surface area contributed by atoms with Crippen LogP contribution < -0.4 is 10.2 Å². The zero-order chi connectivity index (χ0) is 11.4. The lowest BCUT2D eigenvalue weighted by Gasteiger charge is -2.22. The number of hydrogen-bond acceptors (Lipinski definition) is 3. The summed E-state index contributed by atoms with van der Waals surface area (Å²) >= 11 is 0. The number of hydrogen-bond donors (Lipinski definition) is 1. The Morgan fingerprint density at radius 1 is 1.44 bits per heavy atom. The maximum atomic E-state index is 12.2. The Bertz CT molecular complexity index is 353. The van der Waals surface area contributed by atoms with E-state index in [1.165, 1.54) is 0 Å². The van der Waals surface area contributed by atoms with Crippen LogP contribution >= 0.6 is 0 Å². The smallest absolute Gasteiger partial charge is 0.245 e. The number of carbonyl (C=O) groups excluding carboxylic acids is 1. The molecule has 1 aromatic rings. The Balaban J connectivity index is 2.22. The first-order valence-electron chi connectivity index (χ1n) is 5.72. The van der Waals surface area contributed by atoms with E-state index in [2.05, 4.69) is 10.3 Å². The highest BCUT2D eigenvalue weighted by Crippen LogP contribution is 2.17. The Morgan fingerprint density at radius 2 is 2.31 bits per heavy atom. The van der Waals surface area contributed by atoms with E-state index in [9.17, 15) is 4.79 Å². The van der Waals surface area contributed by atoms with Crippen LogP contribution in [0.2, 0.25) is 0 Å². The van der Waals surface area contributed by atoms with Crippen LogP contribution in [-0.2, 0) is 4.79 Å². The van der Waals surface area contributed by atoms with Crippen molar-refractivity contribution >= 4 is 11.7 Å². The highest BCUT2D eigenvalue weighted by molar-refractivity contribution is 5.96. The van der Waals surface area contributed by atoms with Gasteiger partial charge < -0.3 is 5.32 Å². The lowest BCUT2D eigenvalue weighted by Crippen LogP contribution is -2.44. The lowest BCUT2D eigenvalue weighted by atomic mass is 10.1. The van der Waals surface area contributed by atoms with Crippen molar-refractivity contribution < 1.29 is 4.79 Å². The lowest BCUT2D eigenvalue weighted by molar-refractivity contribution is -0.120. The van der Waals surface area contributed by atoms with Gasteiger partial charge in [0.2, 0.25) is 5.91 Å². The molecule has 1 aliphatic rings. The van der Waals surface area contributed by atoms with Crippen molar-refractivity contribution in [1.29, 1.82) is 0 Å². The van der Waals surface area contributed by atoms with Gasteiger partial charge in [-0.15, -0.1) is 0 Å². The van der Waals surface area contributed by atoms with E-state index < -0.39 is 0 Å². The molecule has 0 aliphatic carbocycles. The Hall–Kier alpha value is -1.42. The van der Waals surface area contributed by atoms with Gasteiger partial charge in [0.05, 0.1) is 6.04 Å². The third-order valence-electron chi connectivity index (χ3n) is 2.96. The highest BCUT2D eigenvalue weighted by Gasteiger charge is 2.26. The van der Waals surface area contributed by atoms with Gasteiger partial charge in [-0.3, -0.25) is 9.69 Å². The Kier molecular flexibility index (Phi) is 3.51. The van der Waals surface area contributed by atoms with Crippen LogP contribution in [-0.4, -0.2) is 30.5 Å². The second-order valence-electron chi connectivity index (χ2n) is 4.01. The quantitative estimate of drug-likeness (QED) is 0.812. The molecule has 0 saturated carbocycles. The Labute approximate surface area is 95.7 Å². The number of carbonyl (C=O) groups is 1. The van der Waals surface area contributed by atoms with Crippen molar-refractivity contribution in [3.63, 3.8) is 0 Å². The summed E-state index contributed by atoms with van der Waals surface area (Å²) in [5, 5.41) is 3.07. The van der Waals surface area contributed by atoms with Crippen molar-refractivity contribution in [1.82, 2.24) is 10.3 Å². The van der Waals surface area contributed by atoms with Gasteiger partial charge in [-0.05, 0) is 38.4 Å². The van der Waals surface area contributed by atoms with E-state index in [0.717, 1.165) is 31.6 Å². The number of pyridine rings is 1. The molecule has 1 aromatic heterocycles.